The van der Waals surface area contributed by atoms with Gasteiger partial charge in [0.15, 0.2) is 5.79 Å². The fourth-order valence-electron chi connectivity index (χ4n) is 7.94. The Morgan fingerprint density at radius 1 is 0.489 bits per heavy atom. The fourth-order valence-corrected chi connectivity index (χ4v) is 9.85. The predicted octanol–water partition coefficient (Wildman–Crippen LogP) is 8.35. The third kappa shape index (κ3) is 5.42. The molecule has 4 aromatic rings. The summed E-state index contributed by atoms with van der Waals surface area (Å²) in [5, 5.41) is -1.85. The van der Waals surface area contributed by atoms with Gasteiger partial charge in [0.25, 0.3) is 0 Å². The van der Waals surface area contributed by atoms with Crippen LogP contribution in [0.4, 0.5) is 0 Å². The van der Waals surface area contributed by atoms with Crippen molar-refractivity contribution in [3.63, 3.8) is 0 Å². The van der Waals surface area contributed by atoms with Crippen molar-refractivity contribution < 1.29 is 28.4 Å². The van der Waals surface area contributed by atoms with Crippen LogP contribution in [0.2, 0.25) is 0 Å². The maximum atomic E-state index is 7.18. The first-order chi connectivity index (χ1) is 22.8. The number of methoxy groups -OCH3 is 4. The minimum atomic E-state index is -0.925. The second-order valence-corrected chi connectivity index (χ2v) is 14.3. The summed E-state index contributed by atoms with van der Waals surface area (Å²) in [6.07, 6.45) is 5.06. The third-order valence-electron chi connectivity index (χ3n) is 10.4. The molecule has 1 heterocycles. The van der Waals surface area contributed by atoms with E-state index in [1.54, 1.807) is 28.4 Å². The molecule has 2 aliphatic rings. The lowest BCUT2D eigenvalue weighted by Crippen LogP contribution is -2.65. The van der Waals surface area contributed by atoms with Crippen LogP contribution in [0.3, 0.4) is 0 Å². The molecule has 1 aliphatic heterocycles. The van der Waals surface area contributed by atoms with Crippen molar-refractivity contribution in [1.29, 1.82) is 0 Å². The predicted molar refractivity (Wildman–Crippen MR) is 193 cm³/mol. The molecule has 1 saturated heterocycles. The van der Waals surface area contributed by atoms with Crippen LogP contribution in [0.1, 0.15) is 54.4 Å². The molecule has 4 aromatic carbocycles. The molecule has 2 fully saturated rings. The quantitative estimate of drug-likeness (QED) is 0.158. The van der Waals surface area contributed by atoms with Gasteiger partial charge in [-0.05, 0) is 37.1 Å². The van der Waals surface area contributed by atoms with Gasteiger partial charge in [0.05, 0.1) is 57.4 Å². The van der Waals surface area contributed by atoms with E-state index in [1.807, 2.05) is 48.5 Å². The van der Waals surface area contributed by atoms with Crippen LogP contribution in [-0.4, -0.2) is 47.4 Å². The molecular weight excluding hydrogens is 626 g/mol. The van der Waals surface area contributed by atoms with Crippen LogP contribution < -0.4 is 18.9 Å². The molecule has 2 atom stereocenters. The molecule has 0 bridgehead atoms. The smallest absolute Gasteiger partial charge is 0.168 e. The molecule has 1 aliphatic carbocycles. The van der Waals surface area contributed by atoms with Gasteiger partial charge in [-0.2, -0.15) is 0 Å². The average molecular weight is 673 g/mol. The van der Waals surface area contributed by atoms with Crippen LogP contribution >= 0.6 is 18.5 Å². The number of ether oxygens (including phenoxy) is 6. The molecule has 1 spiro atoms. The van der Waals surface area contributed by atoms with Gasteiger partial charge in [0.2, 0.25) is 0 Å². The summed E-state index contributed by atoms with van der Waals surface area (Å²) in [5.74, 6) is 2.36. The highest BCUT2D eigenvalue weighted by molar-refractivity contribution is 7.21. The Balaban J connectivity index is 1.78. The Hall–Kier alpha value is -3.14. The summed E-state index contributed by atoms with van der Waals surface area (Å²) in [5.41, 5.74) is 2.94. The molecule has 0 N–H and O–H groups in total. The summed E-state index contributed by atoms with van der Waals surface area (Å²) >= 11 is 0. The first-order valence-corrected chi connectivity index (χ1v) is 17.4. The molecular formula is C39H46O6P2. The maximum absolute atomic E-state index is 7.18. The number of para-hydroxylation sites is 4. The van der Waals surface area contributed by atoms with Crippen LogP contribution in [0, 0.1) is 5.41 Å². The zero-order chi connectivity index (χ0) is 33.1. The lowest BCUT2D eigenvalue weighted by Gasteiger charge is -2.62. The lowest BCUT2D eigenvalue weighted by atomic mass is 9.56. The lowest BCUT2D eigenvalue weighted by molar-refractivity contribution is -0.323. The molecule has 0 radical (unpaired) electrons. The molecule has 0 amide bonds. The Morgan fingerprint density at radius 2 is 0.787 bits per heavy atom. The standard InChI is InChI=1S/C39H46O6P2/c1-40-32-20-10-6-16-28(32)38(46,29-17-7-11-21-33(29)41-2)36(26-44-37(45-27-36)24-14-5-15-25-37)39(47,30-18-8-12-22-34(30)42-3)31-19-9-13-23-35(31)43-4/h6-13,16-23H,5,14-15,24-27,46-47H2,1-4H3. The van der Waals surface area contributed by atoms with Crippen LogP contribution in [0.15, 0.2) is 97.1 Å². The highest BCUT2D eigenvalue weighted by Gasteiger charge is 2.67. The summed E-state index contributed by atoms with van der Waals surface area (Å²) < 4.78 is 39.0. The molecule has 8 heteroatoms. The van der Waals surface area contributed by atoms with E-state index in [2.05, 4.69) is 67.0 Å². The van der Waals surface area contributed by atoms with Crippen molar-refractivity contribution in [2.24, 2.45) is 5.41 Å². The SMILES string of the molecule is COc1ccccc1C(P)(c1ccccc1OC)C1(C(P)(c2ccccc2OC)c2ccccc2OC)COC2(CCCCC2)OC1. The maximum Gasteiger partial charge on any atom is 0.168 e. The van der Waals surface area contributed by atoms with Gasteiger partial charge in [-0.15, -0.1) is 18.5 Å². The second kappa shape index (κ2) is 13.8. The largest absolute Gasteiger partial charge is 0.496 e. The van der Waals surface area contributed by atoms with Crippen LogP contribution in [0.25, 0.3) is 0 Å². The van der Waals surface area contributed by atoms with Crippen molar-refractivity contribution in [2.45, 2.75) is 48.2 Å². The fraction of sp³-hybridized carbons (Fsp3) is 0.385. The van der Waals surface area contributed by atoms with Crippen molar-refractivity contribution in [1.82, 2.24) is 0 Å². The van der Waals surface area contributed by atoms with Crippen LogP contribution in [-0.2, 0) is 19.8 Å². The van der Waals surface area contributed by atoms with Gasteiger partial charge < -0.3 is 28.4 Å². The van der Waals surface area contributed by atoms with Gasteiger partial charge in [-0.3, -0.25) is 0 Å². The second-order valence-electron chi connectivity index (χ2n) is 12.5. The van der Waals surface area contributed by atoms with Crippen molar-refractivity contribution in [3.05, 3.63) is 119 Å². The molecule has 6 nitrogen and oxygen atoms in total. The number of hydrogen-bond donors (Lipinski definition) is 0. The van der Waals surface area contributed by atoms with Crippen LogP contribution in [0.5, 0.6) is 23.0 Å². The Morgan fingerprint density at radius 3 is 1.09 bits per heavy atom. The van der Waals surface area contributed by atoms with Crippen molar-refractivity contribution >= 4 is 18.5 Å². The van der Waals surface area contributed by atoms with Gasteiger partial charge in [-0.25, -0.2) is 0 Å². The highest BCUT2D eigenvalue weighted by Crippen LogP contribution is 2.70. The summed E-state index contributed by atoms with van der Waals surface area (Å²) in [6, 6.07) is 32.9. The van der Waals surface area contributed by atoms with Crippen molar-refractivity contribution in [3.8, 4) is 23.0 Å². The van der Waals surface area contributed by atoms with E-state index in [0.717, 1.165) is 70.9 Å². The zero-order valence-electron chi connectivity index (χ0n) is 27.8. The van der Waals surface area contributed by atoms with E-state index in [9.17, 15) is 0 Å². The minimum absolute atomic E-state index is 0.353. The molecule has 47 heavy (non-hydrogen) atoms. The summed E-state index contributed by atoms with van der Waals surface area (Å²) in [4.78, 5) is 0. The van der Waals surface area contributed by atoms with E-state index >= 15 is 0 Å². The summed E-state index contributed by atoms with van der Waals surface area (Å²) in [6.45, 7) is 0.707. The third-order valence-corrected chi connectivity index (χ3v) is 12.8. The first-order valence-electron chi connectivity index (χ1n) is 16.2. The summed E-state index contributed by atoms with van der Waals surface area (Å²) in [7, 11) is 13.4. The van der Waals surface area contributed by atoms with Gasteiger partial charge in [0.1, 0.15) is 23.0 Å². The van der Waals surface area contributed by atoms with Gasteiger partial charge >= 0.3 is 0 Å². The highest BCUT2D eigenvalue weighted by atomic mass is 31.0. The topological polar surface area (TPSA) is 55.4 Å². The van der Waals surface area contributed by atoms with E-state index in [-0.39, 0.29) is 0 Å². The Bertz CT molecular complexity index is 1470. The Kier molecular flexibility index (Phi) is 9.89. The Labute approximate surface area is 283 Å². The van der Waals surface area contributed by atoms with Crippen molar-refractivity contribution in [2.75, 3.05) is 41.7 Å². The molecule has 6 rings (SSSR count). The van der Waals surface area contributed by atoms with Gasteiger partial charge in [0, 0.05) is 35.1 Å². The monoisotopic (exact) mass is 672 g/mol. The molecule has 1 saturated carbocycles. The minimum Gasteiger partial charge on any atom is -0.496 e. The molecule has 0 aromatic heterocycles. The number of benzene rings is 4. The van der Waals surface area contributed by atoms with E-state index in [0.29, 0.717) is 13.2 Å². The number of hydrogen-bond acceptors (Lipinski definition) is 6. The zero-order valence-corrected chi connectivity index (χ0v) is 30.1. The van der Waals surface area contributed by atoms with E-state index in [1.165, 1.54) is 6.42 Å². The molecule has 248 valence electrons. The van der Waals surface area contributed by atoms with E-state index in [4.69, 9.17) is 28.4 Å². The van der Waals surface area contributed by atoms with E-state index < -0.39 is 21.5 Å². The molecule has 2 unspecified atom stereocenters. The first kappa shape index (κ1) is 33.7. The number of rotatable bonds is 10. The van der Waals surface area contributed by atoms with Gasteiger partial charge in [-0.1, -0.05) is 79.2 Å². The normalized spacial score (nSPS) is 17.6. The average Bonchev–Trinajstić information content (AvgIpc) is 3.14.